The minimum atomic E-state index is -0.791. The van der Waals surface area contributed by atoms with Gasteiger partial charge >= 0.3 is 6.09 Å². The Balaban J connectivity index is 1.26. The number of hydrogen-bond donors (Lipinski definition) is 2. The number of carbonyl (C=O) groups excluding carboxylic acids is 3. The first kappa shape index (κ1) is 32.5. The van der Waals surface area contributed by atoms with Gasteiger partial charge in [-0.25, -0.2) is 9.78 Å². The standard InChI is InChI=1S/C33H48N4O6/c1-20-17-18-37(28(20)21(2)38)31(40)29(33(3,4)5)36-32(41)43-27-14-10-12-22(27)11-8-7-9-13-25-30(39)35-26-19-23(42-6)15-16-24(26)34-25/h15-16,19-20,22,27-29H,7-14,17-18H2,1-6H3,(H,35,39)(H,36,41). The normalized spacial score (nSPS) is 22.9. The van der Waals surface area contributed by atoms with E-state index < -0.39 is 23.6 Å². The van der Waals surface area contributed by atoms with Crippen molar-refractivity contribution in [3.8, 4) is 5.75 Å². The van der Waals surface area contributed by atoms with E-state index in [0.717, 1.165) is 56.9 Å². The molecule has 1 saturated carbocycles. The lowest BCUT2D eigenvalue weighted by Crippen LogP contribution is -2.57. The van der Waals surface area contributed by atoms with Crippen molar-refractivity contribution in [2.24, 2.45) is 17.3 Å². The SMILES string of the molecule is COc1ccc2nc(CCCCCC3CCCC3OC(=O)NC(C(=O)N3CCC(C)C3C(C)=O)C(C)(C)C)c(=O)[nH]c2c1. The maximum absolute atomic E-state index is 13.6. The second-order valence-corrected chi connectivity index (χ2v) is 13.4. The third-order valence-electron chi connectivity index (χ3n) is 9.08. The van der Waals surface area contributed by atoms with Gasteiger partial charge in [0.25, 0.3) is 5.56 Å². The molecule has 2 aliphatic rings. The highest BCUT2D eigenvalue weighted by molar-refractivity contribution is 5.92. The van der Waals surface area contributed by atoms with Crippen LogP contribution in [0.2, 0.25) is 0 Å². The van der Waals surface area contributed by atoms with Crippen LogP contribution >= 0.6 is 0 Å². The van der Waals surface area contributed by atoms with Crippen molar-refractivity contribution in [3.63, 3.8) is 0 Å². The van der Waals surface area contributed by atoms with Gasteiger partial charge in [0.15, 0.2) is 5.78 Å². The van der Waals surface area contributed by atoms with E-state index in [2.05, 4.69) is 15.3 Å². The molecule has 0 spiro atoms. The third-order valence-corrected chi connectivity index (χ3v) is 9.08. The van der Waals surface area contributed by atoms with E-state index in [1.807, 2.05) is 39.8 Å². The topological polar surface area (TPSA) is 131 Å². The molecular weight excluding hydrogens is 548 g/mol. The molecule has 1 aromatic heterocycles. The first-order valence-corrected chi connectivity index (χ1v) is 15.7. The van der Waals surface area contributed by atoms with Crippen LogP contribution in [0.3, 0.4) is 0 Å². The van der Waals surface area contributed by atoms with Crippen molar-refractivity contribution >= 4 is 28.8 Å². The van der Waals surface area contributed by atoms with Gasteiger partial charge in [-0.05, 0) is 81.3 Å². The summed E-state index contributed by atoms with van der Waals surface area (Å²) in [5.41, 5.74) is 1.22. The molecule has 2 heterocycles. The molecule has 1 aromatic carbocycles. The number of alkyl carbamates (subject to hydrolysis) is 1. The molecule has 2 fully saturated rings. The van der Waals surface area contributed by atoms with Gasteiger partial charge in [0.1, 0.15) is 23.6 Å². The van der Waals surface area contributed by atoms with Gasteiger partial charge in [-0.3, -0.25) is 14.4 Å². The predicted molar refractivity (Wildman–Crippen MR) is 165 cm³/mol. The molecule has 236 valence electrons. The predicted octanol–water partition coefficient (Wildman–Crippen LogP) is 5.17. The maximum atomic E-state index is 13.6. The number of nitrogens with zero attached hydrogens (tertiary/aromatic N) is 2. The summed E-state index contributed by atoms with van der Waals surface area (Å²) in [6.07, 6.45) is 7.13. The van der Waals surface area contributed by atoms with E-state index >= 15 is 0 Å². The number of H-pyrrole nitrogens is 1. The van der Waals surface area contributed by atoms with E-state index in [4.69, 9.17) is 9.47 Å². The number of aryl methyl sites for hydroxylation is 1. The van der Waals surface area contributed by atoms with Gasteiger partial charge in [-0.1, -0.05) is 40.5 Å². The van der Waals surface area contributed by atoms with E-state index in [-0.39, 0.29) is 35.2 Å². The molecule has 4 rings (SSSR count). The van der Waals surface area contributed by atoms with Crippen LogP contribution in [-0.2, 0) is 20.7 Å². The number of methoxy groups -OCH3 is 1. The first-order valence-electron chi connectivity index (χ1n) is 15.7. The van der Waals surface area contributed by atoms with Crippen molar-refractivity contribution in [2.75, 3.05) is 13.7 Å². The lowest BCUT2D eigenvalue weighted by atomic mass is 9.85. The maximum Gasteiger partial charge on any atom is 0.408 e. The highest BCUT2D eigenvalue weighted by atomic mass is 16.6. The average Bonchev–Trinajstić information content (AvgIpc) is 3.56. The first-order chi connectivity index (χ1) is 20.4. The second kappa shape index (κ2) is 13.9. The Kier molecular flexibility index (Phi) is 10.5. The van der Waals surface area contributed by atoms with Crippen molar-refractivity contribution < 1.29 is 23.9 Å². The molecule has 43 heavy (non-hydrogen) atoms. The molecule has 1 aliphatic carbocycles. The third kappa shape index (κ3) is 7.95. The fourth-order valence-corrected chi connectivity index (χ4v) is 6.68. The second-order valence-electron chi connectivity index (χ2n) is 13.4. The van der Waals surface area contributed by atoms with Crippen molar-refractivity contribution in [1.29, 1.82) is 0 Å². The van der Waals surface area contributed by atoms with Crippen LogP contribution in [0.4, 0.5) is 4.79 Å². The molecule has 10 heteroatoms. The van der Waals surface area contributed by atoms with Gasteiger partial charge in [0.2, 0.25) is 5.91 Å². The molecule has 5 unspecified atom stereocenters. The number of ketones is 1. The zero-order valence-electron chi connectivity index (χ0n) is 26.5. The number of hydrogen-bond acceptors (Lipinski definition) is 7. The summed E-state index contributed by atoms with van der Waals surface area (Å²) in [4.78, 5) is 60.6. The smallest absolute Gasteiger partial charge is 0.408 e. The summed E-state index contributed by atoms with van der Waals surface area (Å²) in [6, 6.07) is 4.21. The molecule has 1 aliphatic heterocycles. The molecule has 2 N–H and O–H groups in total. The van der Waals surface area contributed by atoms with Gasteiger partial charge in [-0.15, -0.1) is 0 Å². The number of unbranched alkanes of at least 4 members (excludes halogenated alkanes) is 2. The molecule has 0 radical (unpaired) electrons. The quantitative estimate of drug-likeness (QED) is 0.342. The Bertz CT molecular complexity index is 1370. The number of amides is 2. The van der Waals surface area contributed by atoms with Crippen LogP contribution in [0, 0.1) is 17.3 Å². The lowest BCUT2D eigenvalue weighted by molar-refractivity contribution is -0.141. The van der Waals surface area contributed by atoms with Crippen LogP contribution in [0.25, 0.3) is 11.0 Å². The zero-order chi connectivity index (χ0) is 31.3. The van der Waals surface area contributed by atoms with Crippen LogP contribution in [0.5, 0.6) is 5.75 Å². The number of aromatic nitrogens is 2. The highest BCUT2D eigenvalue weighted by Crippen LogP contribution is 2.33. The highest BCUT2D eigenvalue weighted by Gasteiger charge is 2.44. The number of ether oxygens (including phenoxy) is 2. The zero-order valence-corrected chi connectivity index (χ0v) is 26.5. The molecule has 10 nitrogen and oxygen atoms in total. The Morgan fingerprint density at radius 1 is 1.14 bits per heavy atom. The molecule has 2 amide bonds. The van der Waals surface area contributed by atoms with Gasteiger partial charge in [0, 0.05) is 12.6 Å². The Morgan fingerprint density at radius 3 is 2.60 bits per heavy atom. The van der Waals surface area contributed by atoms with Crippen LogP contribution in [-0.4, -0.2) is 64.5 Å². The lowest BCUT2D eigenvalue weighted by Gasteiger charge is -2.35. The van der Waals surface area contributed by atoms with Crippen molar-refractivity contribution in [1.82, 2.24) is 20.2 Å². The van der Waals surface area contributed by atoms with Crippen molar-refractivity contribution in [2.45, 2.75) is 111 Å². The molecule has 5 atom stereocenters. The minimum Gasteiger partial charge on any atom is -0.497 e. The van der Waals surface area contributed by atoms with E-state index in [9.17, 15) is 19.2 Å². The Labute approximate surface area is 254 Å². The van der Waals surface area contributed by atoms with E-state index in [1.165, 1.54) is 6.92 Å². The number of benzene rings is 1. The monoisotopic (exact) mass is 596 g/mol. The average molecular weight is 597 g/mol. The van der Waals surface area contributed by atoms with Crippen LogP contribution in [0.15, 0.2) is 23.0 Å². The minimum absolute atomic E-state index is 0.0243. The summed E-state index contributed by atoms with van der Waals surface area (Å²) < 4.78 is 11.1. The number of carbonyl (C=O) groups is 3. The number of aromatic amines is 1. The summed E-state index contributed by atoms with van der Waals surface area (Å²) in [6.45, 7) is 9.77. The Hall–Kier alpha value is -3.43. The fourth-order valence-electron chi connectivity index (χ4n) is 6.68. The number of likely N-dealkylation sites (tertiary alicyclic amines) is 1. The van der Waals surface area contributed by atoms with Crippen LogP contribution in [0.1, 0.15) is 91.7 Å². The Morgan fingerprint density at radius 2 is 1.91 bits per heavy atom. The molecular formula is C33H48N4O6. The number of rotatable bonds is 11. The van der Waals surface area contributed by atoms with Gasteiger partial charge in [0.05, 0.1) is 24.2 Å². The molecule has 1 saturated heterocycles. The number of nitrogens with one attached hydrogen (secondary N) is 2. The molecule has 2 aromatic rings. The van der Waals surface area contributed by atoms with Gasteiger partial charge < -0.3 is 24.7 Å². The summed E-state index contributed by atoms with van der Waals surface area (Å²) >= 11 is 0. The molecule has 0 bridgehead atoms. The summed E-state index contributed by atoms with van der Waals surface area (Å²) in [5.74, 6) is 0.794. The summed E-state index contributed by atoms with van der Waals surface area (Å²) in [5, 5.41) is 2.86. The largest absolute Gasteiger partial charge is 0.497 e. The number of Topliss-reactive ketones (excluding diaryl/α,β-unsaturated/α-hetero) is 1. The van der Waals surface area contributed by atoms with Crippen LogP contribution < -0.4 is 15.6 Å². The van der Waals surface area contributed by atoms with E-state index in [0.29, 0.717) is 29.9 Å². The summed E-state index contributed by atoms with van der Waals surface area (Å²) in [7, 11) is 1.59. The van der Waals surface area contributed by atoms with Crippen molar-refractivity contribution in [3.05, 3.63) is 34.2 Å². The van der Waals surface area contributed by atoms with E-state index in [1.54, 1.807) is 18.1 Å². The number of fused-ring (bicyclic) bond motifs is 1. The fraction of sp³-hybridized carbons (Fsp3) is 0.667. The van der Waals surface area contributed by atoms with Gasteiger partial charge in [-0.2, -0.15) is 0 Å².